The summed E-state index contributed by atoms with van der Waals surface area (Å²) in [6.07, 6.45) is 4.14. The minimum Gasteiger partial charge on any atom is -0.288 e. The fraction of sp³-hybridized carbons (Fsp3) is 0.375. The Labute approximate surface area is 138 Å². The van der Waals surface area contributed by atoms with Gasteiger partial charge in [-0.15, -0.1) is 11.3 Å². The number of hydrogen-bond donors (Lipinski definition) is 0. The summed E-state index contributed by atoms with van der Waals surface area (Å²) in [6, 6.07) is 8.84. The Hall–Kier alpha value is -1.37. The number of thiazole rings is 1. The Kier molecular flexibility index (Phi) is 3.90. The molecule has 0 N–H and O–H groups in total. The highest BCUT2D eigenvalue weighted by atomic mass is 32.2. The van der Waals surface area contributed by atoms with E-state index in [9.17, 15) is 0 Å². The van der Waals surface area contributed by atoms with E-state index in [-0.39, 0.29) is 0 Å². The van der Waals surface area contributed by atoms with Crippen LogP contribution in [0.5, 0.6) is 0 Å². The van der Waals surface area contributed by atoms with Gasteiger partial charge in [0.1, 0.15) is 5.01 Å². The van der Waals surface area contributed by atoms with E-state index in [2.05, 4.69) is 40.5 Å². The summed E-state index contributed by atoms with van der Waals surface area (Å²) in [5.41, 5.74) is 2.43. The van der Waals surface area contributed by atoms with Gasteiger partial charge in [0.05, 0.1) is 23.0 Å². The van der Waals surface area contributed by atoms with E-state index < -0.39 is 0 Å². The molecule has 1 atom stereocenters. The van der Waals surface area contributed by atoms with Crippen LogP contribution >= 0.6 is 23.1 Å². The second kappa shape index (κ2) is 6.02. The fourth-order valence-electron chi connectivity index (χ4n) is 2.91. The molecule has 0 aliphatic carbocycles. The molecule has 0 radical (unpaired) electrons. The molecular formula is C16H18N4S2. The van der Waals surface area contributed by atoms with E-state index in [4.69, 9.17) is 4.98 Å². The first kappa shape index (κ1) is 14.2. The third-order valence-corrected chi connectivity index (χ3v) is 6.07. The molecule has 114 valence electrons. The standard InChI is InChI=1S/C16H18N4S2/c1-19-9-12(8-17-19)14-11-21-7-6-20(14)10-16-18-13-4-2-3-5-15(13)22-16/h2-5,8-9,14H,6-7,10-11H2,1H3. The number of para-hydroxylation sites is 1. The lowest BCUT2D eigenvalue weighted by atomic mass is 10.1. The van der Waals surface area contributed by atoms with Gasteiger partial charge in [0.15, 0.2) is 0 Å². The van der Waals surface area contributed by atoms with Crippen molar-refractivity contribution in [2.24, 2.45) is 7.05 Å². The summed E-state index contributed by atoms with van der Waals surface area (Å²) in [6.45, 7) is 2.04. The quantitative estimate of drug-likeness (QED) is 0.738. The molecule has 1 unspecified atom stereocenters. The molecule has 4 nitrogen and oxygen atoms in total. The lowest BCUT2D eigenvalue weighted by molar-refractivity contribution is 0.212. The Morgan fingerprint density at radius 1 is 1.32 bits per heavy atom. The van der Waals surface area contributed by atoms with Gasteiger partial charge in [-0.25, -0.2) is 4.98 Å². The number of rotatable bonds is 3. The van der Waals surface area contributed by atoms with Gasteiger partial charge >= 0.3 is 0 Å². The van der Waals surface area contributed by atoms with E-state index in [0.29, 0.717) is 6.04 Å². The third-order valence-electron chi connectivity index (χ3n) is 4.03. The van der Waals surface area contributed by atoms with Crippen molar-refractivity contribution in [3.05, 3.63) is 47.2 Å². The minimum absolute atomic E-state index is 0.444. The predicted octanol–water partition coefficient (Wildman–Crippen LogP) is 3.32. The summed E-state index contributed by atoms with van der Waals surface area (Å²) in [5, 5.41) is 5.55. The lowest BCUT2D eigenvalue weighted by Gasteiger charge is -2.34. The van der Waals surface area contributed by atoms with Crippen molar-refractivity contribution < 1.29 is 0 Å². The Morgan fingerprint density at radius 3 is 3.05 bits per heavy atom. The highest BCUT2D eigenvalue weighted by Crippen LogP contribution is 2.32. The average molecular weight is 330 g/mol. The second-order valence-electron chi connectivity index (χ2n) is 5.58. The van der Waals surface area contributed by atoms with E-state index in [1.165, 1.54) is 21.0 Å². The molecule has 0 saturated carbocycles. The highest BCUT2D eigenvalue weighted by Gasteiger charge is 2.26. The van der Waals surface area contributed by atoms with E-state index in [0.717, 1.165) is 24.4 Å². The molecule has 1 saturated heterocycles. The van der Waals surface area contributed by atoms with Crippen LogP contribution < -0.4 is 0 Å². The Bertz CT molecular complexity index is 746. The number of hydrogen-bond acceptors (Lipinski definition) is 5. The maximum absolute atomic E-state index is 4.79. The van der Waals surface area contributed by atoms with Crippen LogP contribution in [0.3, 0.4) is 0 Å². The van der Waals surface area contributed by atoms with Crippen LogP contribution in [0.15, 0.2) is 36.7 Å². The van der Waals surface area contributed by atoms with Crippen molar-refractivity contribution in [3.63, 3.8) is 0 Å². The normalized spacial score (nSPS) is 19.8. The SMILES string of the molecule is Cn1cc(C2CSCCN2Cc2nc3ccccc3s2)cn1. The van der Waals surface area contributed by atoms with Crippen molar-refractivity contribution >= 4 is 33.3 Å². The van der Waals surface area contributed by atoms with Gasteiger partial charge < -0.3 is 0 Å². The van der Waals surface area contributed by atoms with Crippen LogP contribution in [-0.4, -0.2) is 37.7 Å². The molecule has 1 fully saturated rings. The van der Waals surface area contributed by atoms with Crippen LogP contribution in [0.25, 0.3) is 10.2 Å². The number of fused-ring (bicyclic) bond motifs is 1. The largest absolute Gasteiger partial charge is 0.288 e. The molecule has 1 aromatic carbocycles. The maximum Gasteiger partial charge on any atom is 0.108 e. The van der Waals surface area contributed by atoms with Gasteiger partial charge in [-0.3, -0.25) is 9.58 Å². The van der Waals surface area contributed by atoms with E-state index in [1.54, 1.807) is 0 Å². The molecule has 6 heteroatoms. The zero-order chi connectivity index (χ0) is 14.9. The van der Waals surface area contributed by atoms with Crippen LogP contribution in [0.2, 0.25) is 0 Å². The Morgan fingerprint density at radius 2 is 2.23 bits per heavy atom. The van der Waals surface area contributed by atoms with Crippen LogP contribution in [0.4, 0.5) is 0 Å². The van der Waals surface area contributed by atoms with Crippen molar-refractivity contribution in [2.45, 2.75) is 12.6 Å². The summed E-state index contributed by atoms with van der Waals surface area (Å²) in [4.78, 5) is 7.34. The predicted molar refractivity (Wildman–Crippen MR) is 93.3 cm³/mol. The molecule has 0 spiro atoms. The minimum atomic E-state index is 0.444. The third kappa shape index (κ3) is 2.78. The van der Waals surface area contributed by atoms with Crippen LogP contribution in [-0.2, 0) is 13.6 Å². The zero-order valence-corrected chi connectivity index (χ0v) is 14.1. The average Bonchev–Trinajstić information content (AvgIpc) is 3.13. The summed E-state index contributed by atoms with van der Waals surface area (Å²) in [7, 11) is 1.98. The van der Waals surface area contributed by atoms with Gasteiger partial charge in [-0.05, 0) is 12.1 Å². The van der Waals surface area contributed by atoms with E-state index in [1.807, 2.05) is 41.0 Å². The second-order valence-corrected chi connectivity index (χ2v) is 7.85. The number of thioether (sulfide) groups is 1. The van der Waals surface area contributed by atoms with Gasteiger partial charge in [-0.1, -0.05) is 12.1 Å². The number of aromatic nitrogens is 3. The molecule has 3 heterocycles. The molecule has 0 bridgehead atoms. The zero-order valence-electron chi connectivity index (χ0n) is 12.5. The number of aryl methyl sites for hydroxylation is 1. The van der Waals surface area contributed by atoms with Crippen LogP contribution in [0, 0.1) is 0 Å². The number of nitrogens with zero attached hydrogens (tertiary/aromatic N) is 4. The van der Waals surface area contributed by atoms with Gasteiger partial charge in [0, 0.05) is 42.9 Å². The first-order valence-corrected chi connectivity index (χ1v) is 9.41. The smallest absolute Gasteiger partial charge is 0.108 e. The van der Waals surface area contributed by atoms with Crippen molar-refractivity contribution in [2.75, 3.05) is 18.1 Å². The lowest BCUT2D eigenvalue weighted by Crippen LogP contribution is -2.35. The van der Waals surface area contributed by atoms with Gasteiger partial charge in [-0.2, -0.15) is 16.9 Å². The topological polar surface area (TPSA) is 34.0 Å². The monoisotopic (exact) mass is 330 g/mol. The number of benzene rings is 1. The molecular weight excluding hydrogens is 312 g/mol. The van der Waals surface area contributed by atoms with Crippen molar-refractivity contribution in [1.82, 2.24) is 19.7 Å². The van der Waals surface area contributed by atoms with Gasteiger partial charge in [0.2, 0.25) is 0 Å². The molecule has 3 aromatic rings. The molecule has 1 aliphatic heterocycles. The fourth-order valence-corrected chi connectivity index (χ4v) is 5.06. The summed E-state index contributed by atoms with van der Waals surface area (Å²) < 4.78 is 3.17. The molecule has 4 rings (SSSR count). The molecule has 0 amide bonds. The Balaban J connectivity index is 1.59. The summed E-state index contributed by atoms with van der Waals surface area (Å²) >= 11 is 3.84. The van der Waals surface area contributed by atoms with Crippen LogP contribution in [0.1, 0.15) is 16.6 Å². The highest BCUT2D eigenvalue weighted by molar-refractivity contribution is 7.99. The first-order valence-electron chi connectivity index (χ1n) is 7.44. The first-order chi connectivity index (χ1) is 10.8. The summed E-state index contributed by atoms with van der Waals surface area (Å²) in [5.74, 6) is 2.33. The van der Waals surface area contributed by atoms with Crippen molar-refractivity contribution in [1.29, 1.82) is 0 Å². The molecule has 1 aliphatic rings. The molecule has 22 heavy (non-hydrogen) atoms. The van der Waals surface area contributed by atoms with E-state index >= 15 is 0 Å². The maximum atomic E-state index is 4.79. The van der Waals surface area contributed by atoms with Gasteiger partial charge in [0.25, 0.3) is 0 Å². The molecule has 2 aromatic heterocycles. The van der Waals surface area contributed by atoms with Crippen molar-refractivity contribution in [3.8, 4) is 0 Å².